The lowest BCUT2D eigenvalue weighted by molar-refractivity contribution is -0.222. The minimum Gasteiger partial charge on any atom is -0.481 e. The zero-order valence-corrected chi connectivity index (χ0v) is 22.2. The molecule has 9 nitrogen and oxygen atoms in total. The number of nitrogens with zero attached hydrogens (tertiary/aromatic N) is 3. The molecule has 2 aromatic rings. The summed E-state index contributed by atoms with van der Waals surface area (Å²) in [6, 6.07) is 3.80. The molecule has 6 rings (SSSR count). The Morgan fingerprint density at radius 1 is 1.41 bits per heavy atom. The summed E-state index contributed by atoms with van der Waals surface area (Å²) in [4.78, 5) is 36.1. The number of aliphatic carboxylic acids is 1. The van der Waals surface area contributed by atoms with Crippen molar-refractivity contribution < 1.29 is 28.6 Å². The van der Waals surface area contributed by atoms with E-state index in [1.165, 1.54) is 30.6 Å². The van der Waals surface area contributed by atoms with Crippen molar-refractivity contribution in [2.45, 2.75) is 31.0 Å². The molecule has 4 aliphatic rings. The van der Waals surface area contributed by atoms with Crippen LogP contribution in [0.2, 0.25) is 0 Å². The Kier molecular flexibility index (Phi) is 6.17. The Morgan fingerprint density at radius 3 is 2.95 bits per heavy atom. The van der Waals surface area contributed by atoms with E-state index in [1.54, 1.807) is 12.3 Å². The van der Waals surface area contributed by atoms with Gasteiger partial charge in [0.05, 0.1) is 25.9 Å². The van der Waals surface area contributed by atoms with E-state index in [0.717, 1.165) is 6.42 Å². The number of ether oxygens (including phenoxy) is 2. The molecule has 2 N–H and O–H groups in total. The standard InChI is InChI=1S/C25H24BrFN4O5S/c1-35-24(34)20-16(9-31-17-6-12(7-19(32)33)25(17)11-36-10-18(25)31)29-22(23-28-4-5-37-23)30-21(20)14-3-2-13(27)8-15(14)26/h2-5,8,12,17-18,21H,6-7,9-11H2,1H3,(H,29,30)(H,32,33). The van der Waals surface area contributed by atoms with Crippen molar-refractivity contribution >= 4 is 45.0 Å². The van der Waals surface area contributed by atoms with Gasteiger partial charge >= 0.3 is 11.9 Å². The third-order valence-corrected chi connectivity index (χ3v) is 9.59. The first kappa shape index (κ1) is 24.7. The van der Waals surface area contributed by atoms with Crippen LogP contribution in [-0.2, 0) is 19.1 Å². The molecule has 194 valence electrons. The molecule has 0 bridgehead atoms. The summed E-state index contributed by atoms with van der Waals surface area (Å²) in [6.45, 7) is 1.49. The number of rotatable bonds is 7. The van der Waals surface area contributed by atoms with E-state index < -0.39 is 23.8 Å². The van der Waals surface area contributed by atoms with Crippen LogP contribution in [0.15, 0.2) is 50.5 Å². The van der Waals surface area contributed by atoms with Gasteiger partial charge in [-0.2, -0.15) is 0 Å². The van der Waals surface area contributed by atoms with Gasteiger partial charge in [0.25, 0.3) is 0 Å². The van der Waals surface area contributed by atoms with Crippen LogP contribution >= 0.6 is 27.3 Å². The van der Waals surface area contributed by atoms with Crippen molar-refractivity contribution in [2.24, 2.45) is 16.3 Å². The van der Waals surface area contributed by atoms with Crippen LogP contribution in [0.1, 0.15) is 29.5 Å². The third-order valence-electron chi connectivity index (χ3n) is 8.12. The Bertz CT molecular complexity index is 1330. The fourth-order valence-electron chi connectivity index (χ4n) is 6.47. The molecule has 1 aliphatic carbocycles. The van der Waals surface area contributed by atoms with Gasteiger partial charge in [-0.3, -0.25) is 14.7 Å². The van der Waals surface area contributed by atoms with Crippen molar-refractivity contribution in [3.63, 3.8) is 0 Å². The number of benzene rings is 1. The summed E-state index contributed by atoms with van der Waals surface area (Å²) >= 11 is 4.86. The Labute approximate surface area is 224 Å². The number of likely N-dealkylation sites (tertiary alicyclic amines) is 1. The first-order valence-electron chi connectivity index (χ1n) is 11.9. The number of amidine groups is 1. The van der Waals surface area contributed by atoms with Crippen LogP contribution < -0.4 is 5.32 Å². The number of hydrogen-bond donors (Lipinski definition) is 2. The number of carboxylic acid groups (broad SMARTS) is 1. The first-order chi connectivity index (χ1) is 17.8. The van der Waals surface area contributed by atoms with Gasteiger partial charge in [-0.1, -0.05) is 22.0 Å². The predicted octanol–water partition coefficient (Wildman–Crippen LogP) is 3.13. The zero-order valence-electron chi connectivity index (χ0n) is 19.8. The molecule has 5 unspecified atom stereocenters. The third kappa shape index (κ3) is 3.84. The summed E-state index contributed by atoms with van der Waals surface area (Å²) in [7, 11) is 1.33. The highest BCUT2D eigenvalue weighted by molar-refractivity contribution is 9.10. The van der Waals surface area contributed by atoms with Gasteiger partial charge < -0.3 is 19.9 Å². The van der Waals surface area contributed by atoms with Gasteiger partial charge in [0.2, 0.25) is 0 Å². The lowest BCUT2D eigenvalue weighted by Gasteiger charge is -2.71. The number of halogens is 2. The second-order valence-corrected chi connectivity index (χ2v) is 11.5. The molecule has 3 fully saturated rings. The average Bonchev–Trinajstić information content (AvgIpc) is 3.55. The Balaban J connectivity index is 1.38. The van der Waals surface area contributed by atoms with E-state index >= 15 is 0 Å². The predicted molar refractivity (Wildman–Crippen MR) is 136 cm³/mol. The maximum Gasteiger partial charge on any atom is 0.338 e. The van der Waals surface area contributed by atoms with Crippen molar-refractivity contribution in [3.05, 3.63) is 61.9 Å². The van der Waals surface area contributed by atoms with Gasteiger partial charge in [-0.25, -0.2) is 14.2 Å². The molecule has 3 aliphatic heterocycles. The number of carbonyl (C=O) groups is 2. The molecule has 1 aromatic heterocycles. The number of nitrogens with one attached hydrogen (secondary N) is 1. The van der Waals surface area contributed by atoms with Gasteiger partial charge in [0.15, 0.2) is 10.8 Å². The molecule has 0 amide bonds. The fourth-order valence-corrected chi connectivity index (χ4v) is 7.62. The van der Waals surface area contributed by atoms with Crippen LogP contribution in [0, 0.1) is 17.2 Å². The monoisotopic (exact) mass is 590 g/mol. The lowest BCUT2D eigenvalue weighted by atomic mass is 9.46. The molecular formula is C25H24BrFN4O5S. The topological polar surface area (TPSA) is 113 Å². The van der Waals surface area contributed by atoms with E-state index in [9.17, 15) is 19.1 Å². The highest BCUT2D eigenvalue weighted by atomic mass is 79.9. The maximum absolute atomic E-state index is 13.9. The summed E-state index contributed by atoms with van der Waals surface area (Å²) in [5.74, 6) is -1.12. The molecule has 1 spiro atoms. The molecule has 12 heteroatoms. The Hall–Kier alpha value is -2.67. The van der Waals surface area contributed by atoms with Gasteiger partial charge in [0.1, 0.15) is 11.9 Å². The molecular weight excluding hydrogens is 567 g/mol. The molecule has 5 atom stereocenters. The number of piperidine rings is 1. The number of aliphatic imine (C=N–C) groups is 1. The van der Waals surface area contributed by atoms with Crippen molar-refractivity contribution in [2.75, 3.05) is 26.9 Å². The number of thiazole rings is 1. The molecule has 4 heterocycles. The number of carboxylic acids is 1. The van der Waals surface area contributed by atoms with Gasteiger partial charge in [0, 0.05) is 52.2 Å². The lowest BCUT2D eigenvalue weighted by Crippen LogP contribution is -2.80. The van der Waals surface area contributed by atoms with Crippen molar-refractivity contribution in [1.82, 2.24) is 15.2 Å². The number of carbonyl (C=O) groups excluding carboxylic acids is 1. The minimum absolute atomic E-state index is 0.0713. The smallest absolute Gasteiger partial charge is 0.338 e. The van der Waals surface area contributed by atoms with Crippen molar-refractivity contribution in [3.8, 4) is 0 Å². The SMILES string of the molecule is COC(=O)C1=C(CN2C3COCC34C(CC(=O)O)CC24)NC(c2nccs2)=NC1c1ccc(F)cc1Br. The van der Waals surface area contributed by atoms with Crippen LogP contribution in [0.5, 0.6) is 0 Å². The number of esters is 1. The Morgan fingerprint density at radius 2 is 2.24 bits per heavy atom. The van der Waals surface area contributed by atoms with E-state index in [2.05, 4.69) is 31.1 Å². The van der Waals surface area contributed by atoms with Crippen LogP contribution in [0.4, 0.5) is 4.39 Å². The molecule has 0 radical (unpaired) electrons. The van der Waals surface area contributed by atoms with E-state index in [1.807, 2.05) is 5.38 Å². The minimum atomic E-state index is -0.788. The quantitative estimate of drug-likeness (QED) is 0.473. The first-order valence-corrected chi connectivity index (χ1v) is 13.6. The normalized spacial score (nSPS) is 30.4. The maximum atomic E-state index is 13.9. The van der Waals surface area contributed by atoms with Gasteiger partial charge in [-0.15, -0.1) is 11.3 Å². The highest BCUT2D eigenvalue weighted by Gasteiger charge is 2.73. The van der Waals surface area contributed by atoms with Crippen LogP contribution in [0.25, 0.3) is 0 Å². The summed E-state index contributed by atoms with van der Waals surface area (Å²) in [5, 5.41) is 15.2. The van der Waals surface area contributed by atoms with Gasteiger partial charge in [-0.05, 0) is 30.0 Å². The van der Waals surface area contributed by atoms with E-state index in [-0.39, 0.29) is 29.8 Å². The molecule has 2 saturated heterocycles. The zero-order chi connectivity index (χ0) is 25.9. The van der Waals surface area contributed by atoms with Crippen molar-refractivity contribution in [1.29, 1.82) is 0 Å². The number of hydrogen-bond acceptors (Lipinski definition) is 9. The molecule has 1 aromatic carbocycles. The summed E-state index contributed by atoms with van der Waals surface area (Å²) in [5.41, 5.74) is 1.45. The van der Waals surface area contributed by atoms with Crippen LogP contribution in [-0.4, -0.2) is 71.7 Å². The second-order valence-electron chi connectivity index (χ2n) is 9.75. The summed E-state index contributed by atoms with van der Waals surface area (Å²) in [6.07, 6.45) is 2.59. The number of aromatic nitrogens is 1. The largest absolute Gasteiger partial charge is 0.481 e. The van der Waals surface area contributed by atoms with E-state index in [0.29, 0.717) is 51.9 Å². The highest BCUT2D eigenvalue weighted by Crippen LogP contribution is 2.65. The van der Waals surface area contributed by atoms with Crippen LogP contribution in [0.3, 0.4) is 0 Å². The molecule has 1 saturated carbocycles. The second kappa shape index (κ2) is 9.26. The summed E-state index contributed by atoms with van der Waals surface area (Å²) < 4.78 is 25.4. The van der Waals surface area contributed by atoms with E-state index in [4.69, 9.17) is 14.5 Å². The fraction of sp³-hybridized carbons (Fsp3) is 0.440. The average molecular weight is 591 g/mol. The number of methoxy groups -OCH3 is 1. The molecule has 37 heavy (non-hydrogen) atoms.